The number of anilines is 1. The molecule has 0 radical (unpaired) electrons. The van der Waals surface area contributed by atoms with Crippen molar-refractivity contribution < 1.29 is 9.18 Å². The first-order valence-electron chi connectivity index (χ1n) is 6.78. The molecule has 8 heteroatoms. The molecule has 0 bridgehead atoms. The molecule has 0 fully saturated rings. The normalized spacial score (nSPS) is 20.9. The maximum absolute atomic E-state index is 13.6. The monoisotopic (exact) mass is 342 g/mol. The topological polar surface area (TPSA) is 51.0 Å². The lowest BCUT2D eigenvalue weighted by Crippen LogP contribution is -2.45. The highest BCUT2D eigenvalue weighted by atomic mass is 35.5. The van der Waals surface area contributed by atoms with Crippen molar-refractivity contribution in [1.29, 1.82) is 0 Å². The van der Waals surface area contributed by atoms with Gasteiger partial charge in [0.05, 0.1) is 17.8 Å². The van der Waals surface area contributed by atoms with Gasteiger partial charge in [0.1, 0.15) is 11.0 Å². The third-order valence-corrected chi connectivity index (χ3v) is 4.33. The first kappa shape index (κ1) is 15.2. The van der Waals surface area contributed by atoms with Crippen LogP contribution in [0.25, 0.3) is 0 Å². The molecule has 2 aromatic heterocycles. The average molecular weight is 343 g/mol. The van der Waals surface area contributed by atoms with Crippen molar-refractivity contribution in [1.82, 2.24) is 14.8 Å². The quantitative estimate of drug-likeness (QED) is 0.742. The number of pyridine rings is 1. The molecule has 22 heavy (non-hydrogen) atoms. The molecule has 0 saturated carbocycles. The number of amides is 1. The molecule has 3 heterocycles. The van der Waals surface area contributed by atoms with E-state index < -0.39 is 11.7 Å². The summed E-state index contributed by atoms with van der Waals surface area (Å²) in [7, 11) is 0. The number of aromatic nitrogens is 3. The summed E-state index contributed by atoms with van der Waals surface area (Å²) in [6, 6.07) is 2.88. The molecule has 0 spiro atoms. The number of carbonyl (C=O) groups excluding carboxylic acids is 1. The van der Waals surface area contributed by atoms with E-state index in [2.05, 4.69) is 10.1 Å². The second kappa shape index (κ2) is 5.52. The fourth-order valence-electron chi connectivity index (χ4n) is 2.79. The lowest BCUT2D eigenvalue weighted by Gasteiger charge is -2.37. The van der Waals surface area contributed by atoms with Crippen LogP contribution in [0.1, 0.15) is 36.7 Å². The van der Waals surface area contributed by atoms with E-state index >= 15 is 0 Å². The fraction of sp³-hybridized carbons (Fsp3) is 0.357. The third kappa shape index (κ3) is 2.36. The Hall–Kier alpha value is -1.66. The minimum Gasteiger partial charge on any atom is -0.290 e. The fourth-order valence-corrected chi connectivity index (χ4v) is 3.19. The highest BCUT2D eigenvalue weighted by molar-refractivity contribution is 6.35. The molecule has 0 N–H and O–H groups in total. The summed E-state index contributed by atoms with van der Waals surface area (Å²) in [6.07, 6.45) is 2.37. The predicted octanol–water partition coefficient (Wildman–Crippen LogP) is 3.72. The van der Waals surface area contributed by atoms with Gasteiger partial charge < -0.3 is 0 Å². The van der Waals surface area contributed by atoms with Crippen molar-refractivity contribution >= 4 is 34.9 Å². The van der Waals surface area contributed by atoms with Crippen LogP contribution in [0.3, 0.4) is 0 Å². The van der Waals surface area contributed by atoms with E-state index in [9.17, 15) is 9.18 Å². The predicted molar refractivity (Wildman–Crippen MR) is 82.0 cm³/mol. The smallest absolute Gasteiger partial charge is 0.262 e. The molecule has 116 valence electrons. The van der Waals surface area contributed by atoms with Crippen molar-refractivity contribution in [3.63, 3.8) is 0 Å². The van der Waals surface area contributed by atoms with Crippen molar-refractivity contribution in [2.75, 3.05) is 4.90 Å². The lowest BCUT2D eigenvalue weighted by molar-refractivity contribution is 0.0966. The van der Waals surface area contributed by atoms with E-state index in [0.717, 1.165) is 12.5 Å². The Kier molecular flexibility index (Phi) is 3.82. The van der Waals surface area contributed by atoms with Crippen LogP contribution in [0, 0.1) is 5.82 Å². The van der Waals surface area contributed by atoms with E-state index in [0.29, 0.717) is 5.82 Å². The Morgan fingerprint density at radius 3 is 2.77 bits per heavy atom. The van der Waals surface area contributed by atoms with Gasteiger partial charge in [-0.05, 0) is 26.3 Å². The number of hydrogen-bond donors (Lipinski definition) is 0. The Morgan fingerprint density at radius 2 is 2.05 bits per heavy atom. The largest absolute Gasteiger partial charge is 0.290 e. The number of carbonyl (C=O) groups is 1. The summed E-state index contributed by atoms with van der Waals surface area (Å²) >= 11 is 11.5. The number of rotatable bonds is 1. The van der Waals surface area contributed by atoms with Gasteiger partial charge >= 0.3 is 0 Å². The molecule has 1 aliphatic heterocycles. The Balaban J connectivity index is 2.06. The van der Waals surface area contributed by atoms with E-state index in [1.54, 1.807) is 21.8 Å². The molecule has 3 rings (SSSR count). The number of fused-ring (bicyclic) bond motifs is 1. The van der Waals surface area contributed by atoms with Crippen molar-refractivity contribution in [2.45, 2.75) is 32.4 Å². The van der Waals surface area contributed by atoms with Gasteiger partial charge in [-0.1, -0.05) is 23.2 Å². The van der Waals surface area contributed by atoms with Gasteiger partial charge in [0, 0.05) is 12.1 Å². The zero-order valence-electron chi connectivity index (χ0n) is 11.9. The van der Waals surface area contributed by atoms with Crippen LogP contribution in [0.5, 0.6) is 0 Å². The maximum Gasteiger partial charge on any atom is 0.262 e. The molecular formula is C14H13Cl2FN4O. The second-order valence-electron chi connectivity index (χ2n) is 5.34. The zero-order valence-corrected chi connectivity index (χ0v) is 13.4. The Bertz CT molecular complexity index is 748. The van der Waals surface area contributed by atoms with Crippen LogP contribution in [0.2, 0.25) is 10.3 Å². The van der Waals surface area contributed by atoms with Gasteiger partial charge in [0.2, 0.25) is 0 Å². The second-order valence-corrected chi connectivity index (χ2v) is 6.06. The van der Waals surface area contributed by atoms with Crippen LogP contribution in [-0.4, -0.2) is 26.7 Å². The van der Waals surface area contributed by atoms with Gasteiger partial charge in [0.25, 0.3) is 5.91 Å². The summed E-state index contributed by atoms with van der Waals surface area (Å²) in [5.41, 5.74) is -0.0160. The van der Waals surface area contributed by atoms with Gasteiger partial charge in [-0.2, -0.15) is 5.10 Å². The van der Waals surface area contributed by atoms with Crippen LogP contribution in [-0.2, 0) is 0 Å². The lowest BCUT2D eigenvalue weighted by atomic mass is 10.0. The Labute approximate surface area is 136 Å². The SMILES string of the molecule is C[C@@H]1C[C@@H](C)n2nccc2N1C(=O)c1cc(F)c(Cl)nc1Cl. The highest BCUT2D eigenvalue weighted by Gasteiger charge is 2.34. The summed E-state index contributed by atoms with van der Waals surface area (Å²) in [6.45, 7) is 3.96. The Morgan fingerprint density at radius 1 is 1.32 bits per heavy atom. The molecule has 2 aromatic rings. The van der Waals surface area contributed by atoms with Crippen molar-refractivity contribution in [3.8, 4) is 0 Å². The summed E-state index contributed by atoms with van der Waals surface area (Å²) in [5, 5.41) is 3.76. The number of hydrogen-bond acceptors (Lipinski definition) is 3. The minimum atomic E-state index is -0.777. The van der Waals surface area contributed by atoms with Crippen LogP contribution < -0.4 is 4.90 Å². The maximum atomic E-state index is 13.6. The molecule has 2 atom stereocenters. The molecule has 0 unspecified atom stereocenters. The first-order chi connectivity index (χ1) is 10.4. The van der Waals surface area contributed by atoms with Crippen LogP contribution in [0.4, 0.5) is 10.2 Å². The van der Waals surface area contributed by atoms with E-state index in [1.165, 1.54) is 0 Å². The minimum absolute atomic E-state index is 0.0160. The van der Waals surface area contributed by atoms with Crippen LogP contribution in [0.15, 0.2) is 18.3 Å². The van der Waals surface area contributed by atoms with Crippen molar-refractivity contribution in [2.24, 2.45) is 0 Å². The number of nitrogens with zero attached hydrogens (tertiary/aromatic N) is 4. The molecule has 0 aromatic carbocycles. The molecule has 0 saturated heterocycles. The third-order valence-electron chi connectivity index (χ3n) is 3.77. The van der Waals surface area contributed by atoms with Gasteiger partial charge in [-0.15, -0.1) is 0 Å². The molecular weight excluding hydrogens is 330 g/mol. The van der Waals surface area contributed by atoms with E-state index in [-0.39, 0.29) is 28.0 Å². The van der Waals surface area contributed by atoms with E-state index in [4.69, 9.17) is 23.2 Å². The van der Waals surface area contributed by atoms with Crippen LogP contribution >= 0.6 is 23.2 Å². The first-order valence-corrected chi connectivity index (χ1v) is 7.54. The van der Waals surface area contributed by atoms with Gasteiger partial charge in [-0.3, -0.25) is 9.69 Å². The standard InChI is InChI=1S/C14H13Cl2FN4O/c1-7-5-8(2)21-11(3-4-18-21)20(7)14(22)9-6-10(17)13(16)19-12(9)15/h3-4,6-8H,5H2,1-2H3/t7-,8-/m1/s1. The molecule has 5 nitrogen and oxygen atoms in total. The van der Waals surface area contributed by atoms with Gasteiger partial charge in [0.15, 0.2) is 11.0 Å². The van der Waals surface area contributed by atoms with Crippen molar-refractivity contribution in [3.05, 3.63) is 40.0 Å². The highest BCUT2D eigenvalue weighted by Crippen LogP contribution is 2.33. The van der Waals surface area contributed by atoms with Gasteiger partial charge in [-0.25, -0.2) is 14.1 Å². The summed E-state index contributed by atoms with van der Waals surface area (Å²) in [4.78, 5) is 18.0. The molecule has 0 aliphatic carbocycles. The molecule has 1 amide bonds. The van der Waals surface area contributed by atoms with E-state index in [1.807, 2.05) is 13.8 Å². The zero-order chi connectivity index (χ0) is 16.0. The average Bonchev–Trinajstić information content (AvgIpc) is 2.92. The number of halogens is 3. The summed E-state index contributed by atoms with van der Waals surface area (Å²) < 4.78 is 15.4. The summed E-state index contributed by atoms with van der Waals surface area (Å²) in [5.74, 6) is -0.544. The molecule has 1 aliphatic rings.